The van der Waals surface area contributed by atoms with E-state index in [4.69, 9.17) is 42.7 Å². The van der Waals surface area contributed by atoms with Gasteiger partial charge in [-0.25, -0.2) is 4.79 Å². The first kappa shape index (κ1) is 42.3. The standard InChI is InChI=1S/C42H59Cl2N5O4/c1-10-53-36-26-37(41(4,5)6)45-27-35(36)39(46-42(7,8)32-13-17-34(44)18-14-32)49(28-31-11-15-33(43)16-12-31)40(51)47-21-19-30(20-22-47)25-38(50)48(29(2)3)23-24-52-9/h11-13,15-18,26-27,29-30,32H,10,14,19-25,28H2,1-9H3. The molecule has 1 unspecified atom stereocenters. The summed E-state index contributed by atoms with van der Waals surface area (Å²) in [6, 6.07) is 9.46. The number of aromatic nitrogens is 1. The fraction of sp³-hybridized carbons (Fsp3) is 0.571. The van der Waals surface area contributed by atoms with Gasteiger partial charge in [-0.15, -0.1) is 0 Å². The molecule has 1 aliphatic heterocycles. The first-order valence-electron chi connectivity index (χ1n) is 18.9. The highest BCUT2D eigenvalue weighted by molar-refractivity contribution is 6.31. The smallest absolute Gasteiger partial charge is 0.325 e. The van der Waals surface area contributed by atoms with E-state index in [9.17, 15) is 9.59 Å². The van der Waals surface area contributed by atoms with Crippen molar-refractivity contribution in [1.82, 2.24) is 19.7 Å². The summed E-state index contributed by atoms with van der Waals surface area (Å²) in [6.45, 7) is 19.4. The maximum atomic E-state index is 15.0. The van der Waals surface area contributed by atoms with Crippen molar-refractivity contribution in [3.8, 4) is 5.75 Å². The Morgan fingerprint density at radius 1 is 1.08 bits per heavy atom. The van der Waals surface area contributed by atoms with Crippen LogP contribution in [0.5, 0.6) is 5.75 Å². The Bertz CT molecular complexity index is 1640. The molecule has 0 radical (unpaired) electrons. The Morgan fingerprint density at radius 2 is 1.75 bits per heavy atom. The number of carbonyl (C=O) groups excluding carboxylic acids is 2. The van der Waals surface area contributed by atoms with E-state index in [0.29, 0.717) is 66.5 Å². The SMILES string of the molecule is CCOc1cc(C(C)(C)C)ncc1C(=NC(C)(C)C1C=CC(Cl)=CC1)N(Cc1ccc(Cl)cc1)C(=O)N1CCC(CC(=O)N(CCOC)C(C)C)CC1. The van der Waals surface area contributed by atoms with Gasteiger partial charge in [-0.05, 0) is 83.6 Å². The first-order chi connectivity index (χ1) is 25.0. The molecule has 0 spiro atoms. The van der Waals surface area contributed by atoms with Crippen molar-refractivity contribution in [2.24, 2.45) is 16.8 Å². The predicted molar refractivity (Wildman–Crippen MR) is 216 cm³/mol. The van der Waals surface area contributed by atoms with Crippen LogP contribution in [0.1, 0.15) is 97.9 Å². The van der Waals surface area contributed by atoms with Gasteiger partial charge in [0.05, 0.1) is 30.9 Å². The molecule has 290 valence electrons. The van der Waals surface area contributed by atoms with Gasteiger partial charge >= 0.3 is 6.03 Å². The third kappa shape index (κ3) is 11.5. The molecule has 2 heterocycles. The highest BCUT2D eigenvalue weighted by atomic mass is 35.5. The second-order valence-corrected chi connectivity index (χ2v) is 16.8. The Hall–Kier alpha value is -3.40. The number of methoxy groups -OCH3 is 1. The minimum atomic E-state index is -0.636. The normalized spacial score (nSPS) is 17.2. The summed E-state index contributed by atoms with van der Waals surface area (Å²) in [5, 5.41) is 1.33. The van der Waals surface area contributed by atoms with Crippen molar-refractivity contribution in [1.29, 1.82) is 0 Å². The molecule has 1 saturated heterocycles. The van der Waals surface area contributed by atoms with Crippen molar-refractivity contribution >= 4 is 41.0 Å². The van der Waals surface area contributed by atoms with E-state index < -0.39 is 5.54 Å². The van der Waals surface area contributed by atoms with E-state index in [2.05, 4.69) is 40.7 Å². The zero-order chi connectivity index (χ0) is 38.9. The van der Waals surface area contributed by atoms with Crippen LogP contribution in [-0.2, 0) is 21.5 Å². The lowest BCUT2D eigenvalue weighted by Crippen LogP contribution is -2.50. The lowest BCUT2D eigenvalue weighted by atomic mass is 9.83. The molecule has 1 aromatic carbocycles. The van der Waals surface area contributed by atoms with Gasteiger partial charge in [0.1, 0.15) is 11.6 Å². The number of urea groups is 1. The maximum Gasteiger partial charge on any atom is 0.325 e. The fourth-order valence-electron chi connectivity index (χ4n) is 6.76. The van der Waals surface area contributed by atoms with Crippen LogP contribution in [0.4, 0.5) is 4.79 Å². The number of hydrogen-bond donors (Lipinski definition) is 0. The molecule has 0 bridgehead atoms. The van der Waals surface area contributed by atoms with E-state index in [1.807, 2.05) is 73.1 Å². The molecule has 1 atom stereocenters. The average Bonchev–Trinajstić information content (AvgIpc) is 3.10. The van der Waals surface area contributed by atoms with Crippen molar-refractivity contribution in [2.45, 2.75) is 105 Å². The number of hydrogen-bond acceptors (Lipinski definition) is 6. The predicted octanol–water partition coefficient (Wildman–Crippen LogP) is 9.26. The number of nitrogens with zero attached hydrogens (tertiary/aromatic N) is 5. The number of ether oxygens (including phenoxy) is 2. The molecule has 53 heavy (non-hydrogen) atoms. The molecule has 1 fully saturated rings. The number of aliphatic imine (C=N–C) groups is 1. The van der Waals surface area contributed by atoms with Gasteiger partial charge < -0.3 is 19.3 Å². The van der Waals surface area contributed by atoms with Crippen LogP contribution in [0.2, 0.25) is 5.02 Å². The lowest BCUT2D eigenvalue weighted by Gasteiger charge is -2.38. The number of piperidine rings is 1. The van der Waals surface area contributed by atoms with Crippen LogP contribution in [0.15, 0.2) is 64.8 Å². The quantitative estimate of drug-likeness (QED) is 0.150. The van der Waals surface area contributed by atoms with Crippen molar-refractivity contribution in [3.63, 3.8) is 0 Å². The molecule has 3 amide bonds. The van der Waals surface area contributed by atoms with Crippen LogP contribution < -0.4 is 4.74 Å². The summed E-state index contributed by atoms with van der Waals surface area (Å²) >= 11 is 12.6. The summed E-state index contributed by atoms with van der Waals surface area (Å²) < 4.78 is 11.6. The number of amides is 3. The Kier molecular flexibility index (Phi) is 15.0. The van der Waals surface area contributed by atoms with E-state index in [-0.39, 0.29) is 41.8 Å². The lowest BCUT2D eigenvalue weighted by molar-refractivity contribution is -0.134. The van der Waals surface area contributed by atoms with E-state index in [1.54, 1.807) is 18.2 Å². The van der Waals surface area contributed by atoms with E-state index in [1.165, 1.54) is 0 Å². The molecule has 0 saturated carbocycles. The highest BCUT2D eigenvalue weighted by Gasteiger charge is 2.36. The van der Waals surface area contributed by atoms with Gasteiger partial charge in [-0.2, -0.15) is 0 Å². The zero-order valence-electron chi connectivity index (χ0n) is 33.1. The topological polar surface area (TPSA) is 87.6 Å². The van der Waals surface area contributed by atoms with Crippen LogP contribution in [0, 0.1) is 11.8 Å². The number of amidine groups is 1. The minimum absolute atomic E-state index is 0.0346. The van der Waals surface area contributed by atoms with Crippen molar-refractivity contribution in [2.75, 3.05) is 40.0 Å². The molecule has 4 rings (SSSR count). The van der Waals surface area contributed by atoms with Gasteiger partial charge in [0.15, 0.2) is 0 Å². The van der Waals surface area contributed by atoms with Crippen LogP contribution in [-0.4, -0.2) is 89.0 Å². The fourth-order valence-corrected chi connectivity index (χ4v) is 7.05. The van der Waals surface area contributed by atoms with Gasteiger partial charge in [-0.1, -0.05) is 68.3 Å². The molecule has 1 aliphatic carbocycles. The molecular weight excluding hydrogens is 709 g/mol. The third-order valence-corrected chi connectivity index (χ3v) is 10.6. The highest BCUT2D eigenvalue weighted by Crippen LogP contribution is 2.35. The second kappa shape index (κ2) is 18.8. The number of pyridine rings is 1. The number of likely N-dealkylation sites (tertiary alicyclic amines) is 1. The summed E-state index contributed by atoms with van der Waals surface area (Å²) in [5.74, 6) is 1.46. The summed E-state index contributed by atoms with van der Waals surface area (Å²) in [6.07, 6.45) is 10.5. The number of carbonyl (C=O) groups is 2. The second-order valence-electron chi connectivity index (χ2n) is 15.9. The van der Waals surface area contributed by atoms with Crippen LogP contribution in [0.3, 0.4) is 0 Å². The number of rotatable bonds is 13. The van der Waals surface area contributed by atoms with Crippen LogP contribution >= 0.6 is 23.2 Å². The van der Waals surface area contributed by atoms with Gasteiger partial charge in [-0.3, -0.25) is 19.7 Å². The summed E-state index contributed by atoms with van der Waals surface area (Å²) in [7, 11) is 1.65. The van der Waals surface area contributed by atoms with Crippen molar-refractivity contribution < 1.29 is 19.1 Å². The zero-order valence-corrected chi connectivity index (χ0v) is 34.6. The monoisotopic (exact) mass is 767 g/mol. The number of allylic oxidation sites excluding steroid dienone is 3. The Morgan fingerprint density at radius 3 is 2.32 bits per heavy atom. The first-order valence-corrected chi connectivity index (χ1v) is 19.7. The molecule has 1 aromatic heterocycles. The Balaban J connectivity index is 1.75. The summed E-state index contributed by atoms with van der Waals surface area (Å²) in [4.78, 5) is 44.2. The third-order valence-electron chi connectivity index (χ3n) is 10.1. The van der Waals surface area contributed by atoms with E-state index >= 15 is 0 Å². The molecule has 2 aliphatic rings. The number of halogens is 2. The minimum Gasteiger partial charge on any atom is -0.493 e. The number of benzene rings is 1. The van der Waals surface area contributed by atoms with E-state index in [0.717, 1.165) is 30.5 Å². The Labute approximate surface area is 327 Å². The summed E-state index contributed by atoms with van der Waals surface area (Å²) in [5.41, 5.74) is 1.57. The average molecular weight is 769 g/mol. The molecule has 9 nitrogen and oxygen atoms in total. The van der Waals surface area contributed by atoms with Gasteiger partial charge in [0.2, 0.25) is 5.91 Å². The molecule has 11 heteroatoms. The molecular formula is C42H59Cl2N5O4. The largest absolute Gasteiger partial charge is 0.493 e. The molecule has 0 N–H and O–H groups in total. The molecule has 2 aromatic rings. The van der Waals surface area contributed by atoms with Crippen LogP contribution in [0.25, 0.3) is 0 Å². The maximum absolute atomic E-state index is 15.0. The van der Waals surface area contributed by atoms with Gasteiger partial charge in [0.25, 0.3) is 0 Å². The van der Waals surface area contributed by atoms with Gasteiger partial charge in [0, 0.05) is 78.6 Å². The van der Waals surface area contributed by atoms with Crippen molar-refractivity contribution in [3.05, 3.63) is 81.6 Å².